The molecule has 7 heteroatoms. The average Bonchev–Trinajstić information content (AvgIpc) is 2.80. The summed E-state index contributed by atoms with van der Waals surface area (Å²) in [5, 5.41) is 4.12. The van der Waals surface area contributed by atoms with Crippen LogP contribution in [0.2, 0.25) is 0 Å². The molecule has 0 radical (unpaired) electrons. The van der Waals surface area contributed by atoms with Gasteiger partial charge in [-0.15, -0.1) is 0 Å². The summed E-state index contributed by atoms with van der Waals surface area (Å²) >= 11 is 0. The Morgan fingerprint density at radius 3 is 2.67 bits per heavy atom. The molecule has 0 aliphatic carbocycles. The van der Waals surface area contributed by atoms with Gasteiger partial charge in [0.15, 0.2) is 5.69 Å². The van der Waals surface area contributed by atoms with Crippen molar-refractivity contribution >= 4 is 17.6 Å². The van der Waals surface area contributed by atoms with Crippen molar-refractivity contribution in [3.05, 3.63) is 41.2 Å². The van der Waals surface area contributed by atoms with E-state index in [1.54, 1.807) is 32.0 Å². The molecule has 1 aromatic heterocycles. The number of hydrogen-bond acceptors (Lipinski definition) is 5. The number of aryl methyl sites for hydroxylation is 1. The minimum absolute atomic E-state index is 0.0634. The second kappa shape index (κ2) is 5.66. The summed E-state index contributed by atoms with van der Waals surface area (Å²) in [4.78, 5) is 22.9. The Kier molecular flexibility index (Phi) is 3.93. The SMILES string of the molecule is CCOC(=O)c1nn(-c2ccc(C(N)=O)c(C)c2)cc1N. The molecular formula is C14H16N4O3. The number of primary amides is 1. The van der Waals surface area contributed by atoms with Gasteiger partial charge in [0.2, 0.25) is 5.91 Å². The Hall–Kier alpha value is -2.83. The largest absolute Gasteiger partial charge is 0.461 e. The zero-order valence-electron chi connectivity index (χ0n) is 11.8. The zero-order chi connectivity index (χ0) is 15.6. The quantitative estimate of drug-likeness (QED) is 0.816. The second-order valence-electron chi connectivity index (χ2n) is 4.46. The Morgan fingerprint density at radius 1 is 1.38 bits per heavy atom. The van der Waals surface area contributed by atoms with Gasteiger partial charge in [-0.2, -0.15) is 5.10 Å². The van der Waals surface area contributed by atoms with Crippen LogP contribution in [-0.4, -0.2) is 28.3 Å². The first-order valence-electron chi connectivity index (χ1n) is 6.37. The highest BCUT2D eigenvalue weighted by Gasteiger charge is 2.17. The predicted octanol–water partition coefficient (Wildman–Crippen LogP) is 1.04. The summed E-state index contributed by atoms with van der Waals surface area (Å²) in [6, 6.07) is 5.02. The number of aromatic nitrogens is 2. The van der Waals surface area contributed by atoms with E-state index >= 15 is 0 Å². The zero-order valence-corrected chi connectivity index (χ0v) is 11.8. The molecule has 2 aromatic rings. The van der Waals surface area contributed by atoms with Gasteiger partial charge >= 0.3 is 5.97 Å². The van der Waals surface area contributed by atoms with Gasteiger partial charge in [-0.3, -0.25) is 4.79 Å². The molecule has 0 saturated carbocycles. The summed E-state index contributed by atoms with van der Waals surface area (Å²) < 4.78 is 6.33. The van der Waals surface area contributed by atoms with Crippen LogP contribution >= 0.6 is 0 Å². The maximum atomic E-state index is 11.7. The monoisotopic (exact) mass is 288 g/mol. The number of carbonyl (C=O) groups excluding carboxylic acids is 2. The molecule has 4 N–H and O–H groups in total. The Bertz CT molecular complexity index is 706. The first-order valence-corrected chi connectivity index (χ1v) is 6.37. The second-order valence-corrected chi connectivity index (χ2v) is 4.46. The van der Waals surface area contributed by atoms with Gasteiger partial charge in [-0.25, -0.2) is 9.48 Å². The summed E-state index contributed by atoms with van der Waals surface area (Å²) in [5.41, 5.74) is 13.1. The van der Waals surface area contributed by atoms with Gasteiger partial charge in [0.25, 0.3) is 0 Å². The third kappa shape index (κ3) is 2.86. The summed E-state index contributed by atoms with van der Waals surface area (Å²) in [6.07, 6.45) is 1.52. The first-order chi connectivity index (χ1) is 9.93. The molecule has 0 spiro atoms. The fourth-order valence-electron chi connectivity index (χ4n) is 1.94. The molecule has 0 aliphatic heterocycles. The van der Waals surface area contributed by atoms with E-state index in [1.807, 2.05) is 0 Å². The number of hydrogen-bond donors (Lipinski definition) is 2. The Morgan fingerprint density at radius 2 is 2.10 bits per heavy atom. The van der Waals surface area contributed by atoms with Crippen LogP contribution in [0.25, 0.3) is 5.69 Å². The minimum atomic E-state index is -0.570. The lowest BCUT2D eigenvalue weighted by Gasteiger charge is -2.05. The van der Waals surface area contributed by atoms with Crippen LogP contribution in [0.5, 0.6) is 0 Å². The maximum Gasteiger partial charge on any atom is 0.361 e. The molecule has 1 heterocycles. The van der Waals surface area contributed by atoms with Crippen LogP contribution in [-0.2, 0) is 4.74 Å². The van der Waals surface area contributed by atoms with Crippen LogP contribution in [0.3, 0.4) is 0 Å². The molecule has 2 rings (SSSR count). The smallest absolute Gasteiger partial charge is 0.361 e. The van der Waals surface area contributed by atoms with Gasteiger partial charge in [0, 0.05) is 5.56 Å². The topological polar surface area (TPSA) is 113 Å². The third-order valence-electron chi connectivity index (χ3n) is 2.95. The normalized spacial score (nSPS) is 10.4. The van der Waals surface area contributed by atoms with E-state index in [-0.39, 0.29) is 18.0 Å². The van der Waals surface area contributed by atoms with Gasteiger partial charge in [0.05, 0.1) is 24.2 Å². The van der Waals surface area contributed by atoms with E-state index in [0.29, 0.717) is 16.8 Å². The molecule has 0 bridgehead atoms. The number of rotatable bonds is 4. The molecule has 1 amide bonds. The minimum Gasteiger partial charge on any atom is -0.461 e. The van der Waals surface area contributed by atoms with E-state index in [1.165, 1.54) is 10.9 Å². The van der Waals surface area contributed by atoms with E-state index in [0.717, 1.165) is 0 Å². The average molecular weight is 288 g/mol. The van der Waals surface area contributed by atoms with Gasteiger partial charge in [0.1, 0.15) is 0 Å². The molecular weight excluding hydrogens is 272 g/mol. The van der Waals surface area contributed by atoms with Crippen molar-refractivity contribution in [2.75, 3.05) is 12.3 Å². The molecule has 0 atom stereocenters. The number of carbonyl (C=O) groups is 2. The van der Waals surface area contributed by atoms with Crippen molar-refractivity contribution in [2.45, 2.75) is 13.8 Å². The third-order valence-corrected chi connectivity index (χ3v) is 2.95. The lowest BCUT2D eigenvalue weighted by molar-refractivity contribution is 0.0520. The fourth-order valence-corrected chi connectivity index (χ4v) is 1.94. The van der Waals surface area contributed by atoms with Crippen molar-refractivity contribution < 1.29 is 14.3 Å². The van der Waals surface area contributed by atoms with Gasteiger partial charge in [-0.05, 0) is 37.6 Å². The standard InChI is InChI=1S/C14H16N4O3/c1-3-21-14(20)12-11(15)7-18(17-12)9-4-5-10(13(16)19)8(2)6-9/h4-7H,3,15H2,1-2H3,(H2,16,19). The Balaban J connectivity index is 2.39. The van der Waals surface area contributed by atoms with Gasteiger partial charge in [-0.1, -0.05) is 0 Å². The van der Waals surface area contributed by atoms with Crippen LogP contribution in [0, 0.1) is 6.92 Å². The molecule has 0 fully saturated rings. The van der Waals surface area contributed by atoms with E-state index in [4.69, 9.17) is 16.2 Å². The molecule has 21 heavy (non-hydrogen) atoms. The van der Waals surface area contributed by atoms with E-state index < -0.39 is 11.9 Å². The number of benzene rings is 1. The highest BCUT2D eigenvalue weighted by molar-refractivity contribution is 5.94. The van der Waals surface area contributed by atoms with E-state index in [2.05, 4.69) is 5.10 Å². The molecule has 0 unspecified atom stereocenters. The number of esters is 1. The lowest BCUT2D eigenvalue weighted by atomic mass is 10.1. The molecule has 7 nitrogen and oxygen atoms in total. The van der Waals surface area contributed by atoms with Crippen LogP contribution < -0.4 is 11.5 Å². The highest BCUT2D eigenvalue weighted by Crippen LogP contribution is 2.18. The number of nitrogens with zero attached hydrogens (tertiary/aromatic N) is 2. The molecule has 110 valence electrons. The van der Waals surface area contributed by atoms with Crippen molar-refractivity contribution in [3.8, 4) is 5.69 Å². The highest BCUT2D eigenvalue weighted by atomic mass is 16.5. The summed E-state index contributed by atoms with van der Waals surface area (Å²) in [6.45, 7) is 3.72. The summed E-state index contributed by atoms with van der Waals surface area (Å²) in [5.74, 6) is -1.06. The van der Waals surface area contributed by atoms with Gasteiger partial charge < -0.3 is 16.2 Å². The van der Waals surface area contributed by atoms with Crippen molar-refractivity contribution in [1.82, 2.24) is 9.78 Å². The number of ether oxygens (including phenoxy) is 1. The summed E-state index contributed by atoms with van der Waals surface area (Å²) in [7, 11) is 0. The molecule has 0 aliphatic rings. The maximum absolute atomic E-state index is 11.7. The molecule has 0 saturated heterocycles. The van der Waals surface area contributed by atoms with Crippen LogP contribution in [0.4, 0.5) is 5.69 Å². The van der Waals surface area contributed by atoms with Crippen molar-refractivity contribution in [1.29, 1.82) is 0 Å². The number of anilines is 1. The number of nitrogen functional groups attached to an aromatic ring is 1. The van der Waals surface area contributed by atoms with Crippen molar-refractivity contribution in [2.24, 2.45) is 5.73 Å². The van der Waals surface area contributed by atoms with Crippen molar-refractivity contribution in [3.63, 3.8) is 0 Å². The Labute approximate surface area is 121 Å². The predicted molar refractivity (Wildman–Crippen MR) is 77.2 cm³/mol. The van der Waals surface area contributed by atoms with E-state index in [9.17, 15) is 9.59 Å². The number of amides is 1. The molecule has 1 aromatic carbocycles. The van der Waals surface area contributed by atoms with Crippen LogP contribution in [0.1, 0.15) is 33.3 Å². The fraction of sp³-hybridized carbons (Fsp3) is 0.214. The number of nitrogens with two attached hydrogens (primary N) is 2. The lowest BCUT2D eigenvalue weighted by Crippen LogP contribution is -2.13. The first kappa shape index (κ1) is 14.6. The van der Waals surface area contributed by atoms with Crippen LogP contribution in [0.15, 0.2) is 24.4 Å².